The molecule has 1 aliphatic rings. The quantitative estimate of drug-likeness (QED) is 0.841. The van der Waals surface area contributed by atoms with Crippen molar-refractivity contribution >= 4 is 6.03 Å². The van der Waals surface area contributed by atoms with E-state index in [1.807, 2.05) is 27.8 Å². The molecule has 2 N–H and O–H groups in total. The van der Waals surface area contributed by atoms with Crippen molar-refractivity contribution in [1.29, 1.82) is 0 Å². The topological polar surface area (TPSA) is 77.4 Å². The molecule has 0 aliphatic carbocycles. The second kappa shape index (κ2) is 7.96. The van der Waals surface area contributed by atoms with E-state index in [0.29, 0.717) is 30.9 Å². The molecule has 2 amide bonds. The number of aromatic nitrogens is 2. The van der Waals surface area contributed by atoms with E-state index in [1.165, 1.54) is 12.1 Å². The normalized spacial score (nSPS) is 14.3. The van der Waals surface area contributed by atoms with Crippen LogP contribution in [0.3, 0.4) is 0 Å². The molecule has 2 heterocycles. The molecule has 1 atom stereocenters. The molecule has 3 rings (SSSR count). The first-order chi connectivity index (χ1) is 12.9. The zero-order valence-electron chi connectivity index (χ0n) is 16.1. The smallest absolute Gasteiger partial charge is 0.315 e. The minimum atomic E-state index is -0.335. The van der Waals surface area contributed by atoms with Crippen LogP contribution in [0.2, 0.25) is 0 Å². The average molecular weight is 376 g/mol. The Hall–Kier alpha value is -2.61. The first-order valence-electron chi connectivity index (χ1n) is 8.93. The lowest BCUT2D eigenvalue weighted by atomic mass is 10.1. The van der Waals surface area contributed by atoms with Crippen molar-refractivity contribution in [3.8, 4) is 5.75 Å². The van der Waals surface area contributed by atoms with Crippen LogP contribution < -0.4 is 15.4 Å². The first kappa shape index (κ1) is 19.2. The monoisotopic (exact) mass is 376 g/mol. The highest BCUT2D eigenvalue weighted by atomic mass is 19.1. The van der Waals surface area contributed by atoms with Crippen LogP contribution in [0.25, 0.3) is 0 Å². The summed E-state index contributed by atoms with van der Waals surface area (Å²) in [6.07, 6.45) is 0.465. The summed E-state index contributed by atoms with van der Waals surface area (Å²) >= 11 is 0. The first-order valence-corrected chi connectivity index (χ1v) is 8.93. The van der Waals surface area contributed by atoms with Crippen molar-refractivity contribution in [2.75, 3.05) is 13.3 Å². The van der Waals surface area contributed by atoms with Crippen LogP contribution in [0.15, 0.2) is 12.1 Å². The third-order valence-electron chi connectivity index (χ3n) is 4.78. The maximum Gasteiger partial charge on any atom is 0.315 e. The summed E-state index contributed by atoms with van der Waals surface area (Å²) in [6.45, 7) is 6.67. The van der Waals surface area contributed by atoms with Crippen molar-refractivity contribution in [3.05, 3.63) is 46.0 Å². The summed E-state index contributed by atoms with van der Waals surface area (Å²) in [5.41, 5.74) is 4.34. The number of aryl methyl sites for hydroxylation is 2. The Bertz CT molecular complexity index is 850. The third kappa shape index (κ3) is 4.21. The number of hydrogen-bond donors (Lipinski definition) is 2. The van der Waals surface area contributed by atoms with Crippen LogP contribution >= 0.6 is 0 Å². The van der Waals surface area contributed by atoms with Crippen LogP contribution in [0, 0.1) is 19.7 Å². The largest absolute Gasteiger partial charge is 0.467 e. The summed E-state index contributed by atoms with van der Waals surface area (Å²) in [6, 6.07) is 2.41. The lowest BCUT2D eigenvalue weighted by molar-refractivity contribution is -0.0172. The van der Waals surface area contributed by atoms with Crippen LogP contribution in [0.4, 0.5) is 9.18 Å². The molecule has 1 aromatic heterocycles. The number of hydrogen-bond acceptors (Lipinski definition) is 4. The summed E-state index contributed by atoms with van der Waals surface area (Å²) in [7, 11) is 1.88. The zero-order valence-corrected chi connectivity index (χ0v) is 16.1. The van der Waals surface area contributed by atoms with Gasteiger partial charge in [0.1, 0.15) is 11.6 Å². The number of urea groups is 1. The number of benzene rings is 1. The number of fused-ring (bicyclic) bond motifs is 1. The molecule has 8 heteroatoms. The number of halogens is 1. The van der Waals surface area contributed by atoms with E-state index in [9.17, 15) is 9.18 Å². The van der Waals surface area contributed by atoms with Gasteiger partial charge >= 0.3 is 6.03 Å². The second-order valence-electron chi connectivity index (χ2n) is 6.74. The Morgan fingerprint density at radius 2 is 2.19 bits per heavy atom. The molecule has 1 aliphatic heterocycles. The number of carbonyl (C=O) groups excluding carboxylic acids is 1. The fourth-order valence-corrected chi connectivity index (χ4v) is 3.49. The van der Waals surface area contributed by atoms with Crippen molar-refractivity contribution in [1.82, 2.24) is 20.4 Å². The Balaban J connectivity index is 1.57. The van der Waals surface area contributed by atoms with Gasteiger partial charge in [0, 0.05) is 30.4 Å². The van der Waals surface area contributed by atoms with Crippen molar-refractivity contribution in [2.24, 2.45) is 7.05 Å². The van der Waals surface area contributed by atoms with Crippen LogP contribution in [0.5, 0.6) is 5.75 Å². The number of rotatable bonds is 5. The van der Waals surface area contributed by atoms with E-state index < -0.39 is 0 Å². The summed E-state index contributed by atoms with van der Waals surface area (Å²) in [4.78, 5) is 12.2. The van der Waals surface area contributed by atoms with Crippen LogP contribution in [-0.2, 0) is 24.8 Å². The van der Waals surface area contributed by atoms with Crippen molar-refractivity contribution in [2.45, 2.75) is 39.8 Å². The van der Waals surface area contributed by atoms with Gasteiger partial charge < -0.3 is 20.1 Å². The molecule has 1 aromatic carbocycles. The fraction of sp³-hybridized carbons (Fsp3) is 0.474. The Morgan fingerprint density at radius 1 is 1.41 bits per heavy atom. The average Bonchev–Trinajstić information content (AvgIpc) is 2.86. The second-order valence-corrected chi connectivity index (χ2v) is 6.74. The van der Waals surface area contributed by atoms with Gasteiger partial charge in [-0.25, -0.2) is 9.18 Å². The maximum atomic E-state index is 13.8. The van der Waals surface area contributed by atoms with Crippen molar-refractivity contribution in [3.63, 3.8) is 0 Å². The van der Waals surface area contributed by atoms with E-state index in [0.717, 1.165) is 22.5 Å². The highest BCUT2D eigenvalue weighted by molar-refractivity contribution is 5.74. The lowest BCUT2D eigenvalue weighted by Gasteiger charge is -2.21. The van der Waals surface area contributed by atoms with Gasteiger partial charge in [-0.15, -0.1) is 0 Å². The molecule has 0 fully saturated rings. The zero-order chi connectivity index (χ0) is 19.6. The van der Waals surface area contributed by atoms with Gasteiger partial charge in [-0.1, -0.05) is 0 Å². The number of nitrogens with zero attached hydrogens (tertiary/aromatic N) is 2. The maximum absolute atomic E-state index is 13.8. The van der Waals surface area contributed by atoms with Crippen molar-refractivity contribution < 1.29 is 18.7 Å². The molecular weight excluding hydrogens is 351 g/mol. The molecule has 0 saturated carbocycles. The standard InChI is InChI=1S/C19H25FN4O3/c1-11(17-12(2)23-24(4)13(17)3)22-19(25)21-6-5-14-7-16(20)8-15-9-26-10-27-18(14)15/h7-8,11H,5-6,9-10H2,1-4H3,(H2,21,22,25)/t11-/m0/s1. The summed E-state index contributed by atoms with van der Waals surface area (Å²) in [5, 5.41) is 10.1. The highest BCUT2D eigenvalue weighted by Gasteiger charge is 2.19. The Morgan fingerprint density at radius 3 is 2.89 bits per heavy atom. The van der Waals surface area contributed by atoms with Gasteiger partial charge in [-0.3, -0.25) is 4.68 Å². The van der Waals surface area contributed by atoms with E-state index >= 15 is 0 Å². The Kier molecular flexibility index (Phi) is 5.65. The predicted molar refractivity (Wildman–Crippen MR) is 98.0 cm³/mol. The number of carbonyl (C=O) groups is 1. The molecule has 0 bridgehead atoms. The fourth-order valence-electron chi connectivity index (χ4n) is 3.49. The molecule has 2 aromatic rings. The molecular formula is C19H25FN4O3. The van der Waals surface area contributed by atoms with Gasteiger partial charge in [-0.2, -0.15) is 5.10 Å². The van der Waals surface area contributed by atoms with Gasteiger partial charge in [0.2, 0.25) is 0 Å². The van der Waals surface area contributed by atoms with Crippen LogP contribution in [0.1, 0.15) is 41.0 Å². The summed E-state index contributed by atoms with van der Waals surface area (Å²) < 4.78 is 26.2. The molecule has 27 heavy (non-hydrogen) atoms. The van der Waals surface area contributed by atoms with E-state index in [-0.39, 0.29) is 24.7 Å². The SMILES string of the molecule is Cc1nn(C)c(C)c1[C@H](C)NC(=O)NCCc1cc(F)cc2c1OCOC2. The molecule has 0 radical (unpaired) electrons. The Labute approximate surface area is 157 Å². The van der Waals surface area contributed by atoms with Gasteiger partial charge in [0.05, 0.1) is 18.3 Å². The minimum absolute atomic E-state index is 0.154. The molecule has 146 valence electrons. The molecule has 0 saturated heterocycles. The van der Waals surface area contributed by atoms with Crippen LogP contribution in [-0.4, -0.2) is 29.1 Å². The van der Waals surface area contributed by atoms with Gasteiger partial charge in [0.15, 0.2) is 6.79 Å². The number of nitrogens with one attached hydrogen (secondary N) is 2. The minimum Gasteiger partial charge on any atom is -0.467 e. The molecule has 0 unspecified atom stereocenters. The number of ether oxygens (including phenoxy) is 2. The number of amides is 2. The van der Waals surface area contributed by atoms with Gasteiger partial charge in [0.25, 0.3) is 0 Å². The van der Waals surface area contributed by atoms with E-state index in [2.05, 4.69) is 15.7 Å². The predicted octanol–water partition coefficient (Wildman–Crippen LogP) is 2.65. The van der Waals surface area contributed by atoms with E-state index in [4.69, 9.17) is 9.47 Å². The summed E-state index contributed by atoms with van der Waals surface area (Å²) in [5.74, 6) is 0.318. The third-order valence-corrected chi connectivity index (χ3v) is 4.78. The molecule has 0 spiro atoms. The van der Waals surface area contributed by atoms with Gasteiger partial charge in [-0.05, 0) is 44.9 Å². The lowest BCUT2D eigenvalue weighted by Crippen LogP contribution is -2.38. The van der Waals surface area contributed by atoms with E-state index in [1.54, 1.807) is 4.68 Å². The highest BCUT2D eigenvalue weighted by Crippen LogP contribution is 2.29. The molecule has 7 nitrogen and oxygen atoms in total.